The molecule has 6 heteroatoms. The van der Waals surface area contributed by atoms with E-state index in [1.807, 2.05) is 0 Å². The van der Waals surface area contributed by atoms with Gasteiger partial charge in [-0.3, -0.25) is 14.4 Å². The van der Waals surface area contributed by atoms with Gasteiger partial charge in [0.05, 0.1) is 5.92 Å². The first-order valence-electron chi connectivity index (χ1n) is 5.09. The molecule has 0 aliphatic heterocycles. The fraction of sp³-hybridized carbons (Fsp3) is 0.333. The Morgan fingerprint density at radius 2 is 1.11 bits per heavy atom. The highest BCUT2D eigenvalue weighted by atomic mass is 16.1. The summed E-state index contributed by atoms with van der Waals surface area (Å²) in [5, 5.41) is 0. The summed E-state index contributed by atoms with van der Waals surface area (Å²) in [6.07, 6.45) is 4.75. The van der Waals surface area contributed by atoms with Gasteiger partial charge < -0.3 is 16.3 Å². The molecule has 0 aromatic rings. The second-order valence-electron chi connectivity index (χ2n) is 3.57. The van der Waals surface area contributed by atoms with E-state index < -0.39 is 17.7 Å². The number of carbonyl (C=O) groups is 4. The average molecular weight is 254 g/mol. The zero-order valence-electron chi connectivity index (χ0n) is 10.7. The van der Waals surface area contributed by atoms with E-state index in [0.29, 0.717) is 0 Å². The van der Waals surface area contributed by atoms with Gasteiger partial charge >= 0.3 is 0 Å². The highest BCUT2D eigenvalue weighted by molar-refractivity contribution is 5.90. The van der Waals surface area contributed by atoms with Gasteiger partial charge in [-0.25, -0.2) is 0 Å². The van der Waals surface area contributed by atoms with Crippen LogP contribution in [0.4, 0.5) is 0 Å². The van der Waals surface area contributed by atoms with Gasteiger partial charge in [0, 0.05) is 0 Å². The van der Waals surface area contributed by atoms with E-state index in [9.17, 15) is 19.2 Å². The normalized spacial score (nSPS) is 11.7. The van der Waals surface area contributed by atoms with Gasteiger partial charge in [0.25, 0.3) is 0 Å². The van der Waals surface area contributed by atoms with Crippen LogP contribution in [0.15, 0.2) is 24.3 Å². The average Bonchev–Trinajstić information content (AvgIpc) is 2.14. The first-order chi connectivity index (χ1) is 8.16. The van der Waals surface area contributed by atoms with Crippen molar-refractivity contribution in [3.05, 3.63) is 24.3 Å². The summed E-state index contributed by atoms with van der Waals surface area (Å²) >= 11 is 0. The van der Waals surface area contributed by atoms with E-state index in [1.165, 1.54) is 32.9 Å². The molecule has 0 bridgehead atoms. The Morgan fingerprint density at radius 1 is 0.833 bits per heavy atom. The largest absolute Gasteiger partial charge is 0.366 e. The summed E-state index contributed by atoms with van der Waals surface area (Å²) in [5.74, 6) is -1.98. The SMILES string of the molecule is CC(=O)C(C=CC(N)=O)C=CC(N)=O.CC(C)=O. The summed E-state index contributed by atoms with van der Waals surface area (Å²) in [6, 6.07) is 0. The van der Waals surface area contributed by atoms with Crippen LogP contribution < -0.4 is 11.5 Å². The van der Waals surface area contributed by atoms with Crippen molar-refractivity contribution < 1.29 is 19.2 Å². The van der Waals surface area contributed by atoms with Crippen molar-refractivity contribution in [2.24, 2.45) is 17.4 Å². The standard InChI is InChI=1S/C9H12N2O3.C3H6O/c1-6(12)7(2-4-8(10)13)3-5-9(11)14;1-3(2)4/h2-5,7H,1H3,(H2,10,13)(H2,11,14);1-2H3. The van der Waals surface area contributed by atoms with Crippen LogP contribution in [0.3, 0.4) is 0 Å². The van der Waals surface area contributed by atoms with Crippen LogP contribution in [-0.4, -0.2) is 23.4 Å². The number of primary amides is 2. The van der Waals surface area contributed by atoms with Crippen LogP contribution >= 0.6 is 0 Å². The van der Waals surface area contributed by atoms with Gasteiger partial charge in [0.2, 0.25) is 11.8 Å². The predicted molar refractivity (Wildman–Crippen MR) is 67.2 cm³/mol. The van der Waals surface area contributed by atoms with E-state index in [1.54, 1.807) is 0 Å². The van der Waals surface area contributed by atoms with Gasteiger partial charge in [0.1, 0.15) is 11.6 Å². The Labute approximate surface area is 106 Å². The Kier molecular flexibility index (Phi) is 10.0. The first kappa shape index (κ1) is 18.1. The van der Waals surface area contributed by atoms with Crippen molar-refractivity contribution in [1.82, 2.24) is 0 Å². The minimum absolute atomic E-state index is 0.167. The lowest BCUT2D eigenvalue weighted by Crippen LogP contribution is -2.11. The lowest BCUT2D eigenvalue weighted by molar-refractivity contribution is -0.118. The summed E-state index contributed by atoms with van der Waals surface area (Å²) in [5.41, 5.74) is 9.69. The van der Waals surface area contributed by atoms with Crippen molar-refractivity contribution in [3.63, 3.8) is 0 Å². The third-order valence-corrected chi connectivity index (χ3v) is 1.41. The molecule has 0 atom stereocenters. The third-order valence-electron chi connectivity index (χ3n) is 1.41. The second kappa shape index (κ2) is 9.95. The van der Waals surface area contributed by atoms with Crippen LogP contribution in [0.5, 0.6) is 0 Å². The molecule has 0 rings (SSSR count). The molecule has 18 heavy (non-hydrogen) atoms. The van der Waals surface area contributed by atoms with E-state index >= 15 is 0 Å². The number of rotatable bonds is 5. The van der Waals surface area contributed by atoms with Gasteiger partial charge in [-0.2, -0.15) is 0 Å². The summed E-state index contributed by atoms with van der Waals surface area (Å²) in [7, 11) is 0. The number of hydrogen-bond donors (Lipinski definition) is 2. The molecular weight excluding hydrogens is 236 g/mol. The summed E-state index contributed by atoms with van der Waals surface area (Å²) in [6.45, 7) is 4.39. The topological polar surface area (TPSA) is 120 Å². The Morgan fingerprint density at radius 3 is 1.28 bits per heavy atom. The number of amides is 2. The van der Waals surface area contributed by atoms with Crippen molar-refractivity contribution in [1.29, 1.82) is 0 Å². The van der Waals surface area contributed by atoms with Crippen LogP contribution in [0.25, 0.3) is 0 Å². The highest BCUT2D eigenvalue weighted by Crippen LogP contribution is 2.02. The second-order valence-corrected chi connectivity index (χ2v) is 3.57. The van der Waals surface area contributed by atoms with Crippen molar-refractivity contribution in [2.45, 2.75) is 20.8 Å². The van der Waals surface area contributed by atoms with Crippen molar-refractivity contribution in [2.75, 3.05) is 0 Å². The molecule has 0 aliphatic rings. The summed E-state index contributed by atoms with van der Waals surface area (Å²) < 4.78 is 0. The quantitative estimate of drug-likeness (QED) is 0.664. The fourth-order valence-electron chi connectivity index (χ4n) is 0.732. The number of hydrogen-bond acceptors (Lipinski definition) is 4. The number of Topliss-reactive ketones (excluding diaryl/α,β-unsaturated/α-hetero) is 2. The van der Waals surface area contributed by atoms with E-state index in [4.69, 9.17) is 11.5 Å². The molecule has 2 amide bonds. The monoisotopic (exact) mass is 254 g/mol. The predicted octanol–water partition coefficient (Wildman–Crippen LogP) is -0.130. The van der Waals surface area contributed by atoms with Gasteiger partial charge in [-0.05, 0) is 32.9 Å². The molecule has 0 aliphatic carbocycles. The number of carbonyl (C=O) groups excluding carboxylic acids is 4. The molecule has 100 valence electrons. The minimum Gasteiger partial charge on any atom is -0.366 e. The van der Waals surface area contributed by atoms with Gasteiger partial charge in [0.15, 0.2) is 0 Å². The molecule has 6 nitrogen and oxygen atoms in total. The fourth-order valence-corrected chi connectivity index (χ4v) is 0.732. The maximum Gasteiger partial charge on any atom is 0.241 e. The molecule has 0 aromatic carbocycles. The molecule has 0 saturated carbocycles. The van der Waals surface area contributed by atoms with E-state index in [-0.39, 0.29) is 11.6 Å². The molecule has 0 radical (unpaired) electrons. The lowest BCUT2D eigenvalue weighted by atomic mass is 10.0. The smallest absolute Gasteiger partial charge is 0.241 e. The van der Waals surface area contributed by atoms with Gasteiger partial charge in [-0.1, -0.05) is 12.2 Å². The zero-order chi connectivity index (χ0) is 14.7. The molecule has 0 aromatic heterocycles. The molecule has 0 spiro atoms. The number of ketones is 2. The lowest BCUT2D eigenvalue weighted by Gasteiger charge is -2.00. The first-order valence-corrected chi connectivity index (χ1v) is 5.09. The maximum atomic E-state index is 11.0. The van der Waals surface area contributed by atoms with E-state index in [2.05, 4.69) is 0 Å². The Bertz CT molecular complexity index is 356. The Balaban J connectivity index is 0. The minimum atomic E-state index is -0.649. The van der Waals surface area contributed by atoms with Crippen molar-refractivity contribution >= 4 is 23.4 Å². The molecule has 0 fully saturated rings. The molecular formula is C12H18N2O4. The van der Waals surface area contributed by atoms with Gasteiger partial charge in [-0.15, -0.1) is 0 Å². The van der Waals surface area contributed by atoms with Crippen LogP contribution in [-0.2, 0) is 19.2 Å². The van der Waals surface area contributed by atoms with Crippen LogP contribution in [0.1, 0.15) is 20.8 Å². The Hall–Kier alpha value is -2.24. The highest BCUT2D eigenvalue weighted by Gasteiger charge is 2.06. The van der Waals surface area contributed by atoms with E-state index in [0.717, 1.165) is 12.2 Å². The molecule has 0 saturated heterocycles. The number of allylic oxidation sites excluding steroid dienone is 2. The number of nitrogens with two attached hydrogens (primary N) is 2. The van der Waals surface area contributed by atoms with Crippen LogP contribution in [0.2, 0.25) is 0 Å². The maximum absolute atomic E-state index is 11.0. The van der Waals surface area contributed by atoms with Crippen LogP contribution in [0, 0.1) is 5.92 Å². The zero-order valence-corrected chi connectivity index (χ0v) is 10.7. The molecule has 0 unspecified atom stereocenters. The third kappa shape index (κ3) is 16.2. The molecule has 4 N–H and O–H groups in total. The summed E-state index contributed by atoms with van der Waals surface area (Å²) in [4.78, 5) is 41.2. The van der Waals surface area contributed by atoms with Crippen molar-refractivity contribution in [3.8, 4) is 0 Å². The molecule has 0 heterocycles.